The van der Waals surface area contributed by atoms with Gasteiger partial charge in [0.15, 0.2) is 0 Å². The van der Waals surface area contributed by atoms with Crippen LogP contribution in [-0.2, 0) is 6.61 Å². The van der Waals surface area contributed by atoms with Gasteiger partial charge in [-0.2, -0.15) is 0 Å². The minimum absolute atomic E-state index is 0.0146. The number of rotatable bonds is 5. The standard InChI is InChI=1S/C15H15FN2O3/c1-10(17)14-7-4-12(16)8-15(14)21-9-11-2-5-13(6-3-11)18(19)20/h2-8,10H,9,17H2,1H3/t10-/m1/s1. The number of halogens is 1. The summed E-state index contributed by atoms with van der Waals surface area (Å²) in [5.41, 5.74) is 7.28. The van der Waals surface area contributed by atoms with Crippen LogP contribution in [0.25, 0.3) is 0 Å². The van der Waals surface area contributed by atoms with E-state index in [-0.39, 0.29) is 18.3 Å². The van der Waals surface area contributed by atoms with Crippen LogP contribution in [0.3, 0.4) is 0 Å². The molecule has 5 nitrogen and oxygen atoms in total. The van der Waals surface area contributed by atoms with Crippen LogP contribution in [-0.4, -0.2) is 4.92 Å². The van der Waals surface area contributed by atoms with Gasteiger partial charge in [0.2, 0.25) is 0 Å². The molecular formula is C15H15FN2O3. The van der Waals surface area contributed by atoms with Gasteiger partial charge in [-0.25, -0.2) is 4.39 Å². The van der Waals surface area contributed by atoms with E-state index < -0.39 is 10.7 Å². The van der Waals surface area contributed by atoms with Crippen molar-refractivity contribution >= 4 is 5.69 Å². The van der Waals surface area contributed by atoms with Crippen molar-refractivity contribution in [2.24, 2.45) is 5.73 Å². The monoisotopic (exact) mass is 290 g/mol. The number of benzene rings is 2. The first-order valence-electron chi connectivity index (χ1n) is 6.38. The molecule has 21 heavy (non-hydrogen) atoms. The van der Waals surface area contributed by atoms with Gasteiger partial charge in [0.05, 0.1) is 4.92 Å². The maximum atomic E-state index is 13.3. The van der Waals surface area contributed by atoms with Crippen molar-refractivity contribution in [3.05, 3.63) is 69.5 Å². The molecule has 0 aromatic heterocycles. The van der Waals surface area contributed by atoms with E-state index in [1.54, 1.807) is 25.1 Å². The lowest BCUT2D eigenvalue weighted by Gasteiger charge is -2.14. The summed E-state index contributed by atoms with van der Waals surface area (Å²) in [5, 5.41) is 10.6. The summed E-state index contributed by atoms with van der Waals surface area (Å²) in [6.45, 7) is 1.97. The second-order valence-corrected chi connectivity index (χ2v) is 4.68. The van der Waals surface area contributed by atoms with E-state index in [1.807, 2.05) is 0 Å². The molecule has 110 valence electrons. The van der Waals surface area contributed by atoms with Crippen molar-refractivity contribution in [3.63, 3.8) is 0 Å². The van der Waals surface area contributed by atoms with E-state index >= 15 is 0 Å². The molecule has 0 spiro atoms. The third-order valence-electron chi connectivity index (χ3n) is 3.01. The molecule has 0 bridgehead atoms. The average molecular weight is 290 g/mol. The quantitative estimate of drug-likeness (QED) is 0.676. The minimum Gasteiger partial charge on any atom is -0.488 e. The summed E-state index contributed by atoms with van der Waals surface area (Å²) in [7, 11) is 0. The lowest BCUT2D eigenvalue weighted by Crippen LogP contribution is -2.08. The Balaban J connectivity index is 2.12. The van der Waals surface area contributed by atoms with Crippen LogP contribution < -0.4 is 10.5 Å². The first kappa shape index (κ1) is 14.9. The second kappa shape index (κ2) is 6.32. The smallest absolute Gasteiger partial charge is 0.269 e. The van der Waals surface area contributed by atoms with Crippen molar-refractivity contribution in [1.82, 2.24) is 0 Å². The van der Waals surface area contributed by atoms with Crippen LogP contribution in [0.4, 0.5) is 10.1 Å². The van der Waals surface area contributed by atoms with Gasteiger partial charge in [0.1, 0.15) is 18.2 Å². The third-order valence-corrected chi connectivity index (χ3v) is 3.01. The fourth-order valence-corrected chi connectivity index (χ4v) is 1.88. The Morgan fingerprint density at radius 1 is 1.29 bits per heavy atom. The SMILES string of the molecule is C[C@@H](N)c1ccc(F)cc1OCc1ccc([N+](=O)[O-])cc1. The summed E-state index contributed by atoms with van der Waals surface area (Å²) < 4.78 is 18.9. The van der Waals surface area contributed by atoms with E-state index in [0.717, 1.165) is 5.56 Å². The van der Waals surface area contributed by atoms with Crippen molar-refractivity contribution < 1.29 is 14.1 Å². The highest BCUT2D eigenvalue weighted by Crippen LogP contribution is 2.26. The number of nitrogens with zero attached hydrogens (tertiary/aromatic N) is 1. The third kappa shape index (κ3) is 3.76. The number of nitrogens with two attached hydrogens (primary N) is 1. The zero-order chi connectivity index (χ0) is 15.4. The molecule has 0 aliphatic carbocycles. The summed E-state index contributed by atoms with van der Waals surface area (Å²) in [4.78, 5) is 10.1. The normalized spacial score (nSPS) is 12.0. The zero-order valence-electron chi connectivity index (χ0n) is 11.5. The fraction of sp³-hybridized carbons (Fsp3) is 0.200. The van der Waals surface area contributed by atoms with Gasteiger partial charge in [-0.15, -0.1) is 0 Å². The number of ether oxygens (including phenoxy) is 1. The summed E-state index contributed by atoms with van der Waals surface area (Å²) >= 11 is 0. The molecule has 0 heterocycles. The molecule has 2 rings (SSSR count). The van der Waals surface area contributed by atoms with Gasteiger partial charge < -0.3 is 10.5 Å². The Kier molecular flexibility index (Phi) is 4.49. The number of nitro groups is 1. The Bertz CT molecular complexity index is 642. The van der Waals surface area contributed by atoms with Crippen LogP contribution in [0.15, 0.2) is 42.5 Å². The average Bonchev–Trinajstić information content (AvgIpc) is 2.45. The molecule has 0 aliphatic rings. The molecule has 0 radical (unpaired) electrons. The molecular weight excluding hydrogens is 275 g/mol. The van der Waals surface area contributed by atoms with Gasteiger partial charge in [0, 0.05) is 29.8 Å². The first-order chi connectivity index (χ1) is 9.97. The fourth-order valence-electron chi connectivity index (χ4n) is 1.88. The summed E-state index contributed by atoms with van der Waals surface area (Å²) in [6.07, 6.45) is 0. The molecule has 1 atom stereocenters. The van der Waals surface area contributed by atoms with Crippen LogP contribution in [0.5, 0.6) is 5.75 Å². The number of non-ortho nitro benzene ring substituents is 1. The van der Waals surface area contributed by atoms with Gasteiger partial charge in [-0.3, -0.25) is 10.1 Å². The molecule has 0 fully saturated rings. The van der Waals surface area contributed by atoms with E-state index in [2.05, 4.69) is 0 Å². The van der Waals surface area contributed by atoms with Crippen LogP contribution in [0.2, 0.25) is 0 Å². The first-order valence-corrected chi connectivity index (χ1v) is 6.38. The van der Waals surface area contributed by atoms with Gasteiger partial charge in [0.25, 0.3) is 5.69 Å². The molecule has 0 amide bonds. The Labute approximate surface area is 121 Å². The highest BCUT2D eigenvalue weighted by Gasteiger charge is 2.10. The van der Waals surface area contributed by atoms with Crippen LogP contribution in [0.1, 0.15) is 24.1 Å². The van der Waals surface area contributed by atoms with Crippen molar-refractivity contribution in [1.29, 1.82) is 0 Å². The second-order valence-electron chi connectivity index (χ2n) is 4.68. The largest absolute Gasteiger partial charge is 0.488 e. The maximum absolute atomic E-state index is 13.3. The van der Waals surface area contributed by atoms with E-state index in [9.17, 15) is 14.5 Å². The van der Waals surface area contributed by atoms with Crippen LogP contribution in [0, 0.1) is 15.9 Å². The summed E-state index contributed by atoms with van der Waals surface area (Å²) in [5.74, 6) is -0.0264. The van der Waals surface area contributed by atoms with Crippen molar-refractivity contribution in [3.8, 4) is 5.75 Å². The van der Waals surface area contributed by atoms with Gasteiger partial charge in [-0.1, -0.05) is 6.07 Å². The highest BCUT2D eigenvalue weighted by molar-refractivity contribution is 5.37. The lowest BCUT2D eigenvalue weighted by molar-refractivity contribution is -0.384. The highest BCUT2D eigenvalue weighted by atomic mass is 19.1. The van der Waals surface area contributed by atoms with Crippen molar-refractivity contribution in [2.45, 2.75) is 19.6 Å². The van der Waals surface area contributed by atoms with Gasteiger partial charge in [-0.05, 0) is 30.7 Å². The maximum Gasteiger partial charge on any atom is 0.269 e. The molecule has 0 aliphatic heterocycles. The molecule has 2 aromatic carbocycles. The zero-order valence-corrected chi connectivity index (χ0v) is 11.5. The molecule has 0 saturated heterocycles. The molecule has 2 aromatic rings. The summed E-state index contributed by atoms with van der Waals surface area (Å²) in [6, 6.07) is 9.92. The molecule has 6 heteroatoms. The van der Waals surface area contributed by atoms with Gasteiger partial charge >= 0.3 is 0 Å². The van der Waals surface area contributed by atoms with E-state index in [1.165, 1.54) is 24.3 Å². The molecule has 0 unspecified atom stereocenters. The lowest BCUT2D eigenvalue weighted by atomic mass is 10.1. The Hall–Kier alpha value is -2.47. The molecule has 2 N–H and O–H groups in total. The predicted octanol–water partition coefficient (Wildman–Crippen LogP) is 3.33. The predicted molar refractivity (Wildman–Crippen MR) is 76.4 cm³/mol. The topological polar surface area (TPSA) is 78.4 Å². The molecule has 0 saturated carbocycles. The Morgan fingerprint density at radius 2 is 1.95 bits per heavy atom. The number of nitro benzene ring substituents is 1. The van der Waals surface area contributed by atoms with Crippen LogP contribution >= 0.6 is 0 Å². The minimum atomic E-state index is -0.467. The Morgan fingerprint density at radius 3 is 2.52 bits per heavy atom. The van der Waals surface area contributed by atoms with E-state index in [4.69, 9.17) is 10.5 Å². The van der Waals surface area contributed by atoms with E-state index in [0.29, 0.717) is 11.3 Å². The number of hydrogen-bond donors (Lipinski definition) is 1. The number of hydrogen-bond acceptors (Lipinski definition) is 4. The van der Waals surface area contributed by atoms with Crippen molar-refractivity contribution in [2.75, 3.05) is 0 Å².